The molecule has 1 saturated heterocycles. The van der Waals surface area contributed by atoms with Gasteiger partial charge in [-0.1, -0.05) is 42.5 Å². The Hall–Kier alpha value is -1.80. The summed E-state index contributed by atoms with van der Waals surface area (Å²) >= 11 is 0. The number of hydrogen-bond donors (Lipinski definition) is 1. The van der Waals surface area contributed by atoms with Crippen molar-refractivity contribution in [3.63, 3.8) is 0 Å². The van der Waals surface area contributed by atoms with E-state index in [1.165, 1.54) is 36.0 Å². The molecule has 0 bridgehead atoms. The van der Waals surface area contributed by atoms with Crippen molar-refractivity contribution < 1.29 is 0 Å². The quantitative estimate of drug-likeness (QED) is 0.875. The lowest BCUT2D eigenvalue weighted by Crippen LogP contribution is -2.39. The van der Waals surface area contributed by atoms with Gasteiger partial charge in [0.15, 0.2) is 0 Å². The molecule has 0 amide bonds. The number of aromatic amines is 1. The number of piperidine rings is 1. The van der Waals surface area contributed by atoms with Crippen LogP contribution in [0.5, 0.6) is 0 Å². The van der Waals surface area contributed by atoms with Crippen molar-refractivity contribution in [3.8, 4) is 0 Å². The molecule has 2 aromatic rings. The molecule has 2 unspecified atom stereocenters. The second-order valence-electron chi connectivity index (χ2n) is 5.98. The lowest BCUT2D eigenvalue weighted by molar-refractivity contribution is 0.158. The smallest absolute Gasteiger partial charge is 0.0457 e. The summed E-state index contributed by atoms with van der Waals surface area (Å²) in [5.74, 6) is 1.47. The molecule has 1 aromatic carbocycles. The predicted molar refractivity (Wildman–Crippen MR) is 83.5 cm³/mol. The molecule has 2 nitrogen and oxygen atoms in total. The molecule has 1 fully saturated rings. The summed E-state index contributed by atoms with van der Waals surface area (Å²) in [4.78, 5) is 5.98. The second-order valence-corrected chi connectivity index (χ2v) is 5.98. The van der Waals surface area contributed by atoms with Gasteiger partial charge in [0.1, 0.15) is 0 Å². The van der Waals surface area contributed by atoms with Gasteiger partial charge in [-0.3, -0.25) is 4.90 Å². The van der Waals surface area contributed by atoms with E-state index in [0.717, 1.165) is 12.5 Å². The van der Waals surface area contributed by atoms with Gasteiger partial charge in [-0.25, -0.2) is 0 Å². The van der Waals surface area contributed by atoms with Crippen LogP contribution in [0.15, 0.2) is 54.8 Å². The Kier molecular flexibility index (Phi) is 2.96. The van der Waals surface area contributed by atoms with E-state index in [0.29, 0.717) is 5.92 Å². The van der Waals surface area contributed by atoms with Crippen molar-refractivity contribution in [1.82, 2.24) is 9.88 Å². The molecule has 1 aliphatic heterocycles. The van der Waals surface area contributed by atoms with E-state index in [4.69, 9.17) is 0 Å². The molecule has 102 valence electrons. The van der Waals surface area contributed by atoms with Crippen LogP contribution in [0.4, 0.5) is 0 Å². The van der Waals surface area contributed by atoms with Gasteiger partial charge in [0.25, 0.3) is 0 Å². The Morgan fingerprint density at radius 3 is 2.90 bits per heavy atom. The zero-order chi connectivity index (χ0) is 13.4. The van der Waals surface area contributed by atoms with Crippen LogP contribution in [0.2, 0.25) is 0 Å². The number of fused-ring (bicyclic) bond motifs is 2. The van der Waals surface area contributed by atoms with E-state index in [-0.39, 0.29) is 0 Å². The fourth-order valence-electron chi connectivity index (χ4n) is 3.57. The minimum Gasteiger partial charge on any atom is -0.361 e. The zero-order valence-electron chi connectivity index (χ0n) is 11.6. The van der Waals surface area contributed by atoms with Crippen molar-refractivity contribution >= 4 is 10.9 Å². The molecular formula is C18H20N2. The lowest BCUT2D eigenvalue weighted by atomic mass is 9.82. The van der Waals surface area contributed by atoms with Crippen molar-refractivity contribution in [1.29, 1.82) is 0 Å². The average Bonchev–Trinajstić information content (AvgIpc) is 2.91. The highest BCUT2D eigenvalue weighted by Gasteiger charge is 2.26. The summed E-state index contributed by atoms with van der Waals surface area (Å²) in [5, 5.41) is 1.37. The number of hydrogen-bond acceptors (Lipinski definition) is 1. The van der Waals surface area contributed by atoms with E-state index in [9.17, 15) is 0 Å². The number of nitrogens with zero attached hydrogens (tertiary/aromatic N) is 1. The van der Waals surface area contributed by atoms with Crippen LogP contribution in [0.3, 0.4) is 0 Å². The standard InChI is InChI=1S/C18H20N2/c1-2-6-15-12-20(10-9-14(15)5-1)13-16-11-19-18-8-4-3-7-17(16)18/h1-8,11,14-15,19H,9-10,12-13H2. The minimum atomic E-state index is 0.707. The van der Waals surface area contributed by atoms with Gasteiger partial charge >= 0.3 is 0 Å². The predicted octanol–water partition coefficient (Wildman–Crippen LogP) is 3.73. The van der Waals surface area contributed by atoms with E-state index >= 15 is 0 Å². The molecule has 2 atom stereocenters. The fraction of sp³-hybridized carbons (Fsp3) is 0.333. The molecule has 20 heavy (non-hydrogen) atoms. The van der Waals surface area contributed by atoms with Crippen LogP contribution in [0, 0.1) is 11.8 Å². The number of para-hydroxylation sites is 1. The van der Waals surface area contributed by atoms with Crippen LogP contribution in [0.25, 0.3) is 10.9 Å². The maximum absolute atomic E-state index is 3.38. The van der Waals surface area contributed by atoms with Gasteiger partial charge in [-0.05, 0) is 36.4 Å². The molecule has 0 spiro atoms. The first kappa shape index (κ1) is 12.0. The third kappa shape index (κ3) is 2.10. The number of nitrogens with one attached hydrogen (secondary N) is 1. The minimum absolute atomic E-state index is 0.707. The van der Waals surface area contributed by atoms with Crippen LogP contribution < -0.4 is 0 Å². The van der Waals surface area contributed by atoms with Crippen molar-refractivity contribution in [2.75, 3.05) is 13.1 Å². The molecule has 2 heterocycles. The maximum atomic E-state index is 3.38. The van der Waals surface area contributed by atoms with Gasteiger partial charge < -0.3 is 4.98 Å². The fourth-order valence-corrected chi connectivity index (χ4v) is 3.57. The normalized spacial score (nSPS) is 26.0. The summed E-state index contributed by atoms with van der Waals surface area (Å²) in [6.07, 6.45) is 12.6. The molecule has 0 radical (unpaired) electrons. The van der Waals surface area contributed by atoms with Gasteiger partial charge in [-0.2, -0.15) is 0 Å². The van der Waals surface area contributed by atoms with Crippen LogP contribution in [0.1, 0.15) is 12.0 Å². The topological polar surface area (TPSA) is 19.0 Å². The Bertz CT molecular complexity index is 665. The number of aromatic nitrogens is 1. The molecule has 4 rings (SSSR count). The molecule has 0 saturated carbocycles. The highest BCUT2D eigenvalue weighted by atomic mass is 15.1. The highest BCUT2D eigenvalue weighted by Crippen LogP contribution is 2.30. The number of benzene rings is 1. The van der Waals surface area contributed by atoms with E-state index < -0.39 is 0 Å². The molecule has 1 aliphatic carbocycles. The van der Waals surface area contributed by atoms with Gasteiger partial charge in [-0.15, -0.1) is 0 Å². The highest BCUT2D eigenvalue weighted by molar-refractivity contribution is 5.82. The molecular weight excluding hydrogens is 244 g/mol. The Labute approximate surface area is 119 Å². The summed E-state index contributed by atoms with van der Waals surface area (Å²) in [7, 11) is 0. The van der Waals surface area contributed by atoms with Gasteiger partial charge in [0.2, 0.25) is 0 Å². The van der Waals surface area contributed by atoms with Crippen molar-refractivity contribution in [2.24, 2.45) is 11.8 Å². The van der Waals surface area contributed by atoms with Crippen LogP contribution >= 0.6 is 0 Å². The van der Waals surface area contributed by atoms with E-state index in [1.807, 2.05) is 0 Å². The molecule has 1 aromatic heterocycles. The van der Waals surface area contributed by atoms with Gasteiger partial charge in [0.05, 0.1) is 0 Å². The monoisotopic (exact) mass is 264 g/mol. The first-order valence-electron chi connectivity index (χ1n) is 7.52. The largest absolute Gasteiger partial charge is 0.361 e. The third-order valence-electron chi connectivity index (χ3n) is 4.69. The van der Waals surface area contributed by atoms with Crippen LogP contribution in [-0.4, -0.2) is 23.0 Å². The molecule has 1 N–H and O–H groups in total. The Morgan fingerprint density at radius 2 is 1.95 bits per heavy atom. The lowest BCUT2D eigenvalue weighted by Gasteiger charge is -2.37. The average molecular weight is 264 g/mol. The number of H-pyrrole nitrogens is 1. The van der Waals surface area contributed by atoms with E-state index in [2.05, 4.69) is 64.7 Å². The second kappa shape index (κ2) is 4.95. The van der Waals surface area contributed by atoms with Crippen LogP contribution in [-0.2, 0) is 6.54 Å². The Balaban J connectivity index is 1.52. The summed E-state index contributed by atoms with van der Waals surface area (Å²) in [5.41, 5.74) is 2.67. The Morgan fingerprint density at radius 1 is 1.10 bits per heavy atom. The first-order chi connectivity index (χ1) is 9.90. The van der Waals surface area contributed by atoms with Gasteiger partial charge in [0, 0.05) is 30.2 Å². The summed E-state index contributed by atoms with van der Waals surface area (Å²) < 4.78 is 0. The van der Waals surface area contributed by atoms with Crippen molar-refractivity contribution in [3.05, 3.63) is 60.3 Å². The van der Waals surface area contributed by atoms with E-state index in [1.54, 1.807) is 0 Å². The molecule has 2 aliphatic rings. The summed E-state index contributed by atoms with van der Waals surface area (Å²) in [6, 6.07) is 8.59. The first-order valence-corrected chi connectivity index (χ1v) is 7.52. The number of rotatable bonds is 2. The maximum Gasteiger partial charge on any atom is 0.0457 e. The SMILES string of the molecule is C1=CC2CCN(Cc3c[nH]c4ccccc34)CC2C=C1. The molecule has 2 heteroatoms. The zero-order valence-corrected chi connectivity index (χ0v) is 11.6. The third-order valence-corrected chi connectivity index (χ3v) is 4.69. The van der Waals surface area contributed by atoms with Crippen molar-refractivity contribution in [2.45, 2.75) is 13.0 Å². The number of likely N-dealkylation sites (tertiary alicyclic amines) is 1. The number of allylic oxidation sites excluding steroid dienone is 3. The summed E-state index contributed by atoms with van der Waals surface area (Å²) in [6.45, 7) is 3.45.